The van der Waals surface area contributed by atoms with Crippen molar-refractivity contribution in [3.8, 4) is 6.07 Å². The molecule has 0 aromatic heterocycles. The Hall–Kier alpha value is -2.32. The number of amides is 1. The Labute approximate surface area is 192 Å². The minimum absolute atomic E-state index is 0.0273. The Kier molecular flexibility index (Phi) is 7.59. The molecule has 1 amide bonds. The van der Waals surface area contributed by atoms with Crippen LogP contribution in [0.3, 0.4) is 0 Å². The average molecular weight is 487 g/mol. The summed E-state index contributed by atoms with van der Waals surface area (Å²) in [6.07, 6.45) is -3.33. The maximum atomic E-state index is 13.3. The zero-order valence-electron chi connectivity index (χ0n) is 18.7. The molecule has 2 aliphatic rings. The van der Waals surface area contributed by atoms with Gasteiger partial charge in [0.15, 0.2) is 0 Å². The summed E-state index contributed by atoms with van der Waals surface area (Å²) in [6.45, 7) is 5.29. The molecule has 182 valence electrons. The molecule has 1 aromatic carbocycles. The Bertz CT molecular complexity index is 1010. The predicted molar refractivity (Wildman–Crippen MR) is 118 cm³/mol. The van der Waals surface area contributed by atoms with E-state index in [1.54, 1.807) is 13.0 Å². The number of anilines is 1. The molecule has 2 atom stereocenters. The predicted octanol–water partition coefficient (Wildman–Crippen LogP) is 2.83. The van der Waals surface area contributed by atoms with Crippen molar-refractivity contribution in [3.63, 3.8) is 0 Å². The van der Waals surface area contributed by atoms with Crippen LogP contribution in [0.4, 0.5) is 18.9 Å². The van der Waals surface area contributed by atoms with E-state index in [0.29, 0.717) is 38.2 Å². The molecule has 2 aliphatic heterocycles. The van der Waals surface area contributed by atoms with Gasteiger partial charge in [-0.05, 0) is 56.7 Å². The van der Waals surface area contributed by atoms with Gasteiger partial charge in [0, 0.05) is 38.4 Å². The smallest absolute Gasteiger partial charge is 0.372 e. The summed E-state index contributed by atoms with van der Waals surface area (Å²) in [7, 11) is -3.42. The quantitative estimate of drug-likeness (QED) is 0.668. The normalized spacial score (nSPS) is 22.8. The fourth-order valence-electron chi connectivity index (χ4n) is 4.91. The van der Waals surface area contributed by atoms with Crippen LogP contribution in [0.1, 0.15) is 37.8 Å². The first-order valence-corrected chi connectivity index (χ1v) is 12.7. The average Bonchev–Trinajstić information content (AvgIpc) is 3.25. The van der Waals surface area contributed by atoms with E-state index in [-0.39, 0.29) is 36.6 Å². The summed E-state index contributed by atoms with van der Waals surface area (Å²) < 4.78 is 66.3. The van der Waals surface area contributed by atoms with Gasteiger partial charge < -0.3 is 10.2 Å². The van der Waals surface area contributed by atoms with Crippen molar-refractivity contribution in [1.82, 2.24) is 9.62 Å². The van der Waals surface area contributed by atoms with Crippen LogP contribution >= 0.6 is 0 Å². The van der Waals surface area contributed by atoms with Crippen LogP contribution in [-0.4, -0.2) is 57.1 Å². The van der Waals surface area contributed by atoms with Crippen molar-refractivity contribution in [3.05, 3.63) is 29.3 Å². The van der Waals surface area contributed by atoms with Gasteiger partial charge in [-0.25, -0.2) is 12.7 Å². The number of hydrogen-bond donors (Lipinski definition) is 1. The van der Waals surface area contributed by atoms with E-state index in [9.17, 15) is 26.4 Å². The van der Waals surface area contributed by atoms with Crippen LogP contribution in [-0.2, 0) is 21.0 Å². The summed E-state index contributed by atoms with van der Waals surface area (Å²) in [5.41, 5.74) is -0.951. The molecule has 1 aromatic rings. The Morgan fingerprint density at radius 3 is 2.42 bits per heavy atom. The molecule has 3 rings (SSSR count). The topological polar surface area (TPSA) is 93.5 Å². The van der Waals surface area contributed by atoms with E-state index >= 15 is 0 Å². The first-order chi connectivity index (χ1) is 15.5. The van der Waals surface area contributed by atoms with Crippen molar-refractivity contribution in [1.29, 1.82) is 5.26 Å². The largest absolute Gasteiger partial charge is 0.417 e. The number of nitrogens with one attached hydrogen (secondary N) is 1. The number of carbonyl (C=O) groups is 1. The monoisotopic (exact) mass is 486 g/mol. The van der Waals surface area contributed by atoms with Crippen LogP contribution < -0.4 is 10.2 Å². The lowest BCUT2D eigenvalue weighted by molar-refractivity contribution is -0.137. The molecule has 7 nitrogen and oxygen atoms in total. The third-order valence-electron chi connectivity index (χ3n) is 6.72. The molecule has 0 spiro atoms. The number of benzene rings is 1. The zero-order valence-corrected chi connectivity index (χ0v) is 19.5. The molecule has 11 heteroatoms. The lowest BCUT2D eigenvalue weighted by Crippen LogP contribution is -2.41. The van der Waals surface area contributed by atoms with Gasteiger partial charge in [-0.15, -0.1) is 0 Å². The highest BCUT2D eigenvalue weighted by atomic mass is 32.2. The Morgan fingerprint density at radius 2 is 1.88 bits per heavy atom. The second-order valence-electron chi connectivity index (χ2n) is 8.55. The molecule has 2 heterocycles. The molecule has 0 radical (unpaired) electrons. The van der Waals surface area contributed by atoms with Crippen LogP contribution in [0.25, 0.3) is 0 Å². The van der Waals surface area contributed by atoms with Gasteiger partial charge in [0.1, 0.15) is 0 Å². The van der Waals surface area contributed by atoms with Crippen LogP contribution in [0.2, 0.25) is 0 Å². The van der Waals surface area contributed by atoms with E-state index in [1.807, 2.05) is 11.8 Å². The van der Waals surface area contributed by atoms with Crippen molar-refractivity contribution >= 4 is 21.6 Å². The fourth-order valence-corrected chi connectivity index (χ4v) is 6.06. The summed E-state index contributed by atoms with van der Waals surface area (Å²) in [6, 6.07) is 5.33. The highest BCUT2D eigenvalue weighted by Gasteiger charge is 2.45. The Morgan fingerprint density at radius 1 is 1.21 bits per heavy atom. The van der Waals surface area contributed by atoms with E-state index in [1.165, 1.54) is 16.4 Å². The standard InChI is InChI=1S/C22H29F3N4O3S/c1-3-27-21(30)19-14-29(33(31,32)4-2)13-18(19)15-7-9-28(10-8-15)17-6-5-16(12-26)20(11-17)22(23,24)25/h5-6,11,15,18-19H,3-4,7-10,13-14H2,1-2H3,(H,27,30)/t18-,19+/m0/s1. The minimum Gasteiger partial charge on any atom is -0.372 e. The lowest BCUT2D eigenvalue weighted by Gasteiger charge is -2.37. The molecule has 0 saturated carbocycles. The van der Waals surface area contributed by atoms with E-state index < -0.39 is 33.2 Å². The molecule has 0 unspecified atom stereocenters. The first-order valence-electron chi connectivity index (χ1n) is 11.1. The molecular formula is C22H29F3N4O3S. The number of hydrogen-bond acceptors (Lipinski definition) is 5. The number of alkyl halides is 3. The summed E-state index contributed by atoms with van der Waals surface area (Å²) in [5, 5.41) is 11.8. The maximum absolute atomic E-state index is 13.3. The van der Waals surface area contributed by atoms with E-state index in [0.717, 1.165) is 6.07 Å². The molecule has 2 fully saturated rings. The number of nitriles is 1. The third-order valence-corrected chi connectivity index (χ3v) is 8.53. The molecular weight excluding hydrogens is 457 g/mol. The number of rotatable bonds is 6. The summed E-state index contributed by atoms with van der Waals surface area (Å²) in [5.74, 6) is -0.658. The van der Waals surface area contributed by atoms with Gasteiger partial charge in [-0.3, -0.25) is 4.79 Å². The van der Waals surface area contributed by atoms with Gasteiger partial charge >= 0.3 is 6.18 Å². The van der Waals surface area contributed by atoms with Gasteiger partial charge in [-0.2, -0.15) is 18.4 Å². The first kappa shape index (κ1) is 25.3. The number of piperidine rings is 1. The molecule has 0 aliphatic carbocycles. The lowest BCUT2D eigenvalue weighted by atomic mass is 9.78. The molecule has 0 bridgehead atoms. The number of nitrogens with zero attached hydrogens (tertiary/aromatic N) is 3. The Balaban J connectivity index is 1.75. The summed E-state index contributed by atoms with van der Waals surface area (Å²) in [4.78, 5) is 14.5. The molecule has 1 N–H and O–H groups in total. The van der Waals surface area contributed by atoms with Crippen molar-refractivity contribution in [2.75, 3.05) is 43.4 Å². The second-order valence-corrected chi connectivity index (χ2v) is 10.8. The zero-order chi connectivity index (χ0) is 24.4. The van der Waals surface area contributed by atoms with Crippen molar-refractivity contribution in [2.45, 2.75) is 32.9 Å². The van der Waals surface area contributed by atoms with Gasteiger partial charge in [0.05, 0.1) is 28.9 Å². The van der Waals surface area contributed by atoms with Gasteiger partial charge in [-0.1, -0.05) is 0 Å². The van der Waals surface area contributed by atoms with E-state index in [2.05, 4.69) is 5.32 Å². The minimum atomic E-state index is -4.61. The highest BCUT2D eigenvalue weighted by Crippen LogP contribution is 2.39. The SMILES string of the molecule is CCNC(=O)[C@@H]1CN(S(=O)(=O)CC)C[C@H]1C1CCN(c2ccc(C#N)c(C(F)(F)F)c2)CC1. The van der Waals surface area contributed by atoms with Crippen molar-refractivity contribution < 1.29 is 26.4 Å². The second kappa shape index (κ2) is 9.89. The third kappa shape index (κ3) is 5.44. The number of carbonyl (C=O) groups excluding carboxylic acids is 1. The van der Waals surface area contributed by atoms with E-state index in [4.69, 9.17) is 5.26 Å². The molecule has 2 saturated heterocycles. The van der Waals surface area contributed by atoms with Crippen LogP contribution in [0.5, 0.6) is 0 Å². The van der Waals surface area contributed by atoms with Gasteiger partial charge in [0.25, 0.3) is 0 Å². The maximum Gasteiger partial charge on any atom is 0.417 e. The number of sulfonamides is 1. The van der Waals surface area contributed by atoms with Gasteiger partial charge in [0.2, 0.25) is 15.9 Å². The highest BCUT2D eigenvalue weighted by molar-refractivity contribution is 7.89. The van der Waals surface area contributed by atoms with Crippen molar-refractivity contribution in [2.24, 2.45) is 17.8 Å². The van der Waals surface area contributed by atoms with Crippen LogP contribution in [0.15, 0.2) is 18.2 Å². The van der Waals surface area contributed by atoms with Crippen LogP contribution in [0, 0.1) is 29.1 Å². The number of halogens is 3. The fraction of sp³-hybridized carbons (Fsp3) is 0.636. The summed E-state index contributed by atoms with van der Waals surface area (Å²) >= 11 is 0. The molecule has 33 heavy (non-hydrogen) atoms.